The first-order chi connectivity index (χ1) is 15.7. The molecule has 0 spiro atoms. The summed E-state index contributed by atoms with van der Waals surface area (Å²) in [6.07, 6.45) is 4.68. The number of anilines is 2. The summed E-state index contributed by atoms with van der Waals surface area (Å²) in [6.45, 7) is 0.588. The molecule has 0 fully saturated rings. The van der Waals surface area contributed by atoms with Crippen LogP contribution in [0.5, 0.6) is 11.5 Å². The maximum Gasteiger partial charge on any atom is 0.294 e. The standard InChI is InChI=1S/C25H20N2O5/c28-24(21-8-3-15-30-21)26-18-10-12-19(13-11-18)32-20-7-1-5-17-6-2-14-27(23(17)20)25(29)22-9-4-16-31-22/h1,3-5,7-13,15-16H,2,6,14H2,(H,26,28). The summed E-state index contributed by atoms with van der Waals surface area (Å²) in [5.74, 6) is 1.20. The Labute approximate surface area is 184 Å². The van der Waals surface area contributed by atoms with E-state index >= 15 is 0 Å². The number of benzene rings is 2. The van der Waals surface area contributed by atoms with E-state index in [2.05, 4.69) is 5.32 Å². The predicted octanol–water partition coefficient (Wildman–Crippen LogP) is 5.51. The highest BCUT2D eigenvalue weighted by Gasteiger charge is 2.28. The third-order valence-electron chi connectivity index (χ3n) is 5.24. The Kier molecular flexibility index (Phi) is 5.21. The largest absolute Gasteiger partial charge is 0.459 e. The molecule has 1 aliphatic heterocycles. The first kappa shape index (κ1) is 19.7. The molecule has 2 aromatic heterocycles. The minimum absolute atomic E-state index is 0.192. The van der Waals surface area contributed by atoms with Gasteiger partial charge in [0.15, 0.2) is 17.3 Å². The predicted molar refractivity (Wildman–Crippen MR) is 118 cm³/mol. The monoisotopic (exact) mass is 428 g/mol. The number of furan rings is 2. The fraction of sp³-hybridized carbons (Fsp3) is 0.120. The van der Waals surface area contributed by atoms with Crippen LogP contribution < -0.4 is 15.0 Å². The van der Waals surface area contributed by atoms with Crippen molar-refractivity contribution in [2.45, 2.75) is 12.8 Å². The van der Waals surface area contributed by atoms with E-state index in [-0.39, 0.29) is 17.6 Å². The van der Waals surface area contributed by atoms with Crippen LogP contribution in [0, 0.1) is 0 Å². The summed E-state index contributed by atoms with van der Waals surface area (Å²) in [5, 5.41) is 2.77. The number of amides is 2. The molecular formula is C25H20N2O5. The van der Waals surface area contributed by atoms with Gasteiger partial charge in [-0.1, -0.05) is 12.1 Å². The summed E-state index contributed by atoms with van der Waals surface area (Å²) < 4.78 is 16.6. The number of hydrogen-bond acceptors (Lipinski definition) is 5. The number of para-hydroxylation sites is 1. The maximum absolute atomic E-state index is 13.0. The van der Waals surface area contributed by atoms with Crippen molar-refractivity contribution in [3.05, 3.63) is 96.3 Å². The molecule has 0 radical (unpaired) electrons. The fourth-order valence-corrected chi connectivity index (χ4v) is 3.77. The molecule has 32 heavy (non-hydrogen) atoms. The van der Waals surface area contributed by atoms with Gasteiger partial charge in [-0.05, 0) is 73.0 Å². The van der Waals surface area contributed by atoms with Crippen molar-refractivity contribution in [1.29, 1.82) is 0 Å². The molecule has 5 rings (SSSR count). The number of ether oxygens (including phenoxy) is 1. The molecule has 0 unspecified atom stereocenters. The maximum atomic E-state index is 13.0. The number of fused-ring (bicyclic) bond motifs is 1. The highest BCUT2D eigenvalue weighted by molar-refractivity contribution is 6.06. The molecule has 7 nitrogen and oxygen atoms in total. The minimum Gasteiger partial charge on any atom is -0.459 e. The van der Waals surface area contributed by atoms with Crippen LogP contribution >= 0.6 is 0 Å². The highest BCUT2D eigenvalue weighted by Crippen LogP contribution is 2.39. The second-order valence-corrected chi connectivity index (χ2v) is 7.36. The molecule has 7 heteroatoms. The third kappa shape index (κ3) is 3.88. The lowest BCUT2D eigenvalue weighted by atomic mass is 10.0. The molecule has 0 atom stereocenters. The smallest absolute Gasteiger partial charge is 0.294 e. The van der Waals surface area contributed by atoms with Gasteiger partial charge in [-0.3, -0.25) is 9.59 Å². The normalized spacial score (nSPS) is 12.8. The molecule has 0 aliphatic carbocycles. The van der Waals surface area contributed by atoms with E-state index in [1.54, 1.807) is 53.4 Å². The molecule has 160 valence electrons. The van der Waals surface area contributed by atoms with Crippen molar-refractivity contribution in [1.82, 2.24) is 0 Å². The molecule has 0 saturated carbocycles. The van der Waals surface area contributed by atoms with Gasteiger partial charge in [0.1, 0.15) is 5.75 Å². The van der Waals surface area contributed by atoms with Gasteiger partial charge in [-0.15, -0.1) is 0 Å². The van der Waals surface area contributed by atoms with Gasteiger partial charge >= 0.3 is 0 Å². The lowest BCUT2D eigenvalue weighted by Gasteiger charge is -2.30. The van der Waals surface area contributed by atoms with Gasteiger partial charge < -0.3 is 23.8 Å². The first-order valence-corrected chi connectivity index (χ1v) is 10.3. The zero-order valence-electron chi connectivity index (χ0n) is 17.1. The molecule has 2 amide bonds. The van der Waals surface area contributed by atoms with Gasteiger partial charge in [0, 0.05) is 12.2 Å². The molecule has 2 aromatic carbocycles. The number of aryl methyl sites for hydroxylation is 1. The van der Waals surface area contributed by atoms with Crippen molar-refractivity contribution in [2.24, 2.45) is 0 Å². The summed E-state index contributed by atoms with van der Waals surface area (Å²) in [7, 11) is 0. The number of nitrogens with zero attached hydrogens (tertiary/aromatic N) is 1. The number of carbonyl (C=O) groups excluding carboxylic acids is 2. The van der Waals surface area contributed by atoms with E-state index in [0.29, 0.717) is 29.5 Å². The Morgan fingerprint density at radius 1 is 0.875 bits per heavy atom. The van der Waals surface area contributed by atoms with Crippen LogP contribution in [0.15, 0.2) is 88.1 Å². The molecule has 4 aromatic rings. The molecule has 0 saturated heterocycles. The summed E-state index contributed by atoms with van der Waals surface area (Å²) in [5.41, 5.74) is 2.43. The van der Waals surface area contributed by atoms with Crippen molar-refractivity contribution in [2.75, 3.05) is 16.8 Å². The molecular weight excluding hydrogens is 408 g/mol. The Morgan fingerprint density at radius 3 is 2.34 bits per heavy atom. The van der Waals surface area contributed by atoms with Crippen LogP contribution in [0.3, 0.4) is 0 Å². The number of rotatable bonds is 5. The van der Waals surface area contributed by atoms with Gasteiger partial charge in [-0.2, -0.15) is 0 Å². The Bertz CT molecular complexity index is 1230. The molecule has 1 aliphatic rings. The zero-order valence-corrected chi connectivity index (χ0v) is 17.1. The van der Waals surface area contributed by atoms with Gasteiger partial charge in [0.25, 0.3) is 11.8 Å². The zero-order chi connectivity index (χ0) is 21.9. The lowest BCUT2D eigenvalue weighted by Crippen LogP contribution is -2.35. The van der Waals surface area contributed by atoms with Crippen LogP contribution in [0.2, 0.25) is 0 Å². The van der Waals surface area contributed by atoms with Crippen molar-refractivity contribution in [3.8, 4) is 11.5 Å². The molecule has 3 heterocycles. The van der Waals surface area contributed by atoms with E-state index in [9.17, 15) is 9.59 Å². The third-order valence-corrected chi connectivity index (χ3v) is 5.24. The van der Waals surface area contributed by atoms with Crippen LogP contribution in [-0.2, 0) is 6.42 Å². The molecule has 1 N–H and O–H groups in total. The van der Waals surface area contributed by atoms with E-state index in [4.69, 9.17) is 13.6 Å². The van der Waals surface area contributed by atoms with E-state index in [1.165, 1.54) is 12.5 Å². The quantitative estimate of drug-likeness (QED) is 0.453. The first-order valence-electron chi connectivity index (χ1n) is 10.3. The average molecular weight is 428 g/mol. The van der Waals surface area contributed by atoms with Crippen LogP contribution in [0.1, 0.15) is 33.1 Å². The Morgan fingerprint density at radius 2 is 1.62 bits per heavy atom. The van der Waals surface area contributed by atoms with Crippen LogP contribution in [0.4, 0.5) is 11.4 Å². The SMILES string of the molecule is O=C(Nc1ccc(Oc2cccc3c2N(C(=O)c2ccco2)CCC3)cc1)c1ccco1. The summed E-state index contributed by atoms with van der Waals surface area (Å²) >= 11 is 0. The van der Waals surface area contributed by atoms with E-state index < -0.39 is 0 Å². The fourth-order valence-electron chi connectivity index (χ4n) is 3.77. The Balaban J connectivity index is 1.37. The number of hydrogen-bond donors (Lipinski definition) is 1. The van der Waals surface area contributed by atoms with E-state index in [1.807, 2.05) is 18.2 Å². The van der Waals surface area contributed by atoms with Gasteiger partial charge in [0.05, 0.1) is 18.2 Å². The molecule has 0 bridgehead atoms. The van der Waals surface area contributed by atoms with Crippen LogP contribution in [0.25, 0.3) is 0 Å². The number of carbonyl (C=O) groups is 2. The van der Waals surface area contributed by atoms with Gasteiger partial charge in [-0.25, -0.2) is 0 Å². The summed E-state index contributed by atoms with van der Waals surface area (Å²) in [4.78, 5) is 26.8. The summed E-state index contributed by atoms with van der Waals surface area (Å²) in [6, 6.07) is 19.4. The van der Waals surface area contributed by atoms with E-state index in [0.717, 1.165) is 24.1 Å². The second kappa shape index (κ2) is 8.47. The van der Waals surface area contributed by atoms with Crippen molar-refractivity contribution in [3.63, 3.8) is 0 Å². The average Bonchev–Trinajstić information content (AvgIpc) is 3.54. The topological polar surface area (TPSA) is 84.9 Å². The van der Waals surface area contributed by atoms with Crippen molar-refractivity contribution < 1.29 is 23.2 Å². The number of nitrogens with one attached hydrogen (secondary N) is 1. The second-order valence-electron chi connectivity index (χ2n) is 7.36. The lowest BCUT2D eigenvalue weighted by molar-refractivity contribution is 0.0956. The minimum atomic E-state index is -0.326. The Hall–Kier alpha value is -4.26. The highest BCUT2D eigenvalue weighted by atomic mass is 16.5. The van der Waals surface area contributed by atoms with Gasteiger partial charge in [0.2, 0.25) is 0 Å². The van der Waals surface area contributed by atoms with Crippen LogP contribution in [-0.4, -0.2) is 18.4 Å². The van der Waals surface area contributed by atoms with Crippen molar-refractivity contribution >= 4 is 23.2 Å².